The molecular formula is C20H26O7S. The van der Waals surface area contributed by atoms with Gasteiger partial charge in [0.15, 0.2) is 17.3 Å². The van der Waals surface area contributed by atoms with Crippen molar-refractivity contribution >= 4 is 33.2 Å². The third-order valence-electron chi connectivity index (χ3n) is 4.07. The van der Waals surface area contributed by atoms with Crippen LogP contribution in [0.2, 0.25) is 0 Å². The number of esters is 1. The Morgan fingerprint density at radius 3 is 2.21 bits per heavy atom. The maximum Gasteiger partial charge on any atom is 0.308 e. The van der Waals surface area contributed by atoms with Crippen LogP contribution in [0.15, 0.2) is 18.2 Å². The summed E-state index contributed by atoms with van der Waals surface area (Å²) >= 11 is 1.33. The highest BCUT2D eigenvalue weighted by molar-refractivity contribution is 7.20. The summed E-state index contributed by atoms with van der Waals surface area (Å²) in [5.74, 6) is 0.0250. The van der Waals surface area contributed by atoms with Gasteiger partial charge in [0.2, 0.25) is 0 Å². The van der Waals surface area contributed by atoms with Gasteiger partial charge < -0.3 is 24.4 Å². The molecule has 2 aromatic rings. The minimum atomic E-state index is -0.502. The van der Waals surface area contributed by atoms with Crippen molar-refractivity contribution in [1.29, 1.82) is 0 Å². The highest BCUT2D eigenvalue weighted by Crippen LogP contribution is 2.37. The fourth-order valence-electron chi connectivity index (χ4n) is 2.57. The number of Topliss-reactive ketones (excluding diaryl/α,β-unsaturated/α-hetero) is 1. The summed E-state index contributed by atoms with van der Waals surface area (Å²) in [7, 11) is 1.30. The van der Waals surface area contributed by atoms with Gasteiger partial charge in [-0.2, -0.15) is 0 Å². The van der Waals surface area contributed by atoms with E-state index in [0.717, 1.165) is 10.1 Å². The molecular weight excluding hydrogens is 384 g/mol. The monoisotopic (exact) mass is 410 g/mol. The van der Waals surface area contributed by atoms with E-state index in [1.807, 2.05) is 6.07 Å². The summed E-state index contributed by atoms with van der Waals surface area (Å²) in [6.45, 7) is 2.39. The van der Waals surface area contributed by atoms with E-state index in [-0.39, 0.29) is 25.4 Å². The van der Waals surface area contributed by atoms with Crippen LogP contribution >= 0.6 is 11.3 Å². The molecule has 1 unspecified atom stereocenters. The van der Waals surface area contributed by atoms with Crippen molar-refractivity contribution in [2.24, 2.45) is 5.92 Å². The SMILES string of the molecule is COC(=O)C(C)CC(=O)c1cc2cc(OCCCO)c(OCCCO)cc2s1. The Morgan fingerprint density at radius 2 is 1.64 bits per heavy atom. The highest BCUT2D eigenvalue weighted by atomic mass is 32.1. The predicted octanol–water partition coefficient (Wildman–Crippen LogP) is 2.81. The van der Waals surface area contributed by atoms with Crippen LogP contribution in [0, 0.1) is 5.92 Å². The molecule has 2 N–H and O–H groups in total. The third kappa shape index (κ3) is 5.92. The minimum Gasteiger partial charge on any atom is -0.490 e. The van der Waals surface area contributed by atoms with Crippen molar-refractivity contribution < 1.29 is 34.0 Å². The molecule has 1 heterocycles. The van der Waals surface area contributed by atoms with Gasteiger partial charge in [-0.05, 0) is 17.5 Å². The number of rotatable bonds is 12. The van der Waals surface area contributed by atoms with Gasteiger partial charge in [-0.25, -0.2) is 0 Å². The lowest BCUT2D eigenvalue weighted by Crippen LogP contribution is -2.16. The standard InChI is InChI=1S/C20H26O7S/c1-13(20(24)25-2)9-15(23)19-11-14-10-16(26-7-3-5-21)17(12-18(14)28-19)27-8-4-6-22/h10-13,21-22H,3-9H2,1-2H3. The topological polar surface area (TPSA) is 102 Å². The smallest absolute Gasteiger partial charge is 0.308 e. The molecule has 0 aliphatic carbocycles. The molecule has 1 aromatic heterocycles. The lowest BCUT2D eigenvalue weighted by Gasteiger charge is -2.12. The second-order valence-corrected chi connectivity index (χ2v) is 7.43. The number of carbonyl (C=O) groups is 2. The Balaban J connectivity index is 2.24. The van der Waals surface area contributed by atoms with Crippen molar-refractivity contribution in [3.8, 4) is 11.5 Å². The number of thiophene rings is 1. The van der Waals surface area contributed by atoms with E-state index in [4.69, 9.17) is 19.7 Å². The zero-order valence-electron chi connectivity index (χ0n) is 16.1. The summed E-state index contributed by atoms with van der Waals surface area (Å²) in [6.07, 6.45) is 1.07. The van der Waals surface area contributed by atoms with E-state index in [0.29, 0.717) is 42.4 Å². The Morgan fingerprint density at radius 1 is 1.04 bits per heavy atom. The number of benzene rings is 1. The number of ketones is 1. The largest absolute Gasteiger partial charge is 0.490 e. The zero-order chi connectivity index (χ0) is 20.5. The summed E-state index contributed by atoms with van der Waals surface area (Å²) < 4.78 is 17.0. The molecule has 0 spiro atoms. The summed E-state index contributed by atoms with van der Waals surface area (Å²) in [5, 5.41) is 18.7. The van der Waals surface area contributed by atoms with Crippen LogP contribution in [0.25, 0.3) is 10.1 Å². The second kappa shape index (κ2) is 11.0. The first kappa shape index (κ1) is 22.1. The number of fused-ring (bicyclic) bond motifs is 1. The molecule has 2 rings (SSSR count). The first-order chi connectivity index (χ1) is 13.5. The van der Waals surface area contributed by atoms with Crippen LogP contribution in [0.5, 0.6) is 11.5 Å². The van der Waals surface area contributed by atoms with Gasteiger partial charge in [0, 0.05) is 43.2 Å². The first-order valence-corrected chi connectivity index (χ1v) is 9.97. The van der Waals surface area contributed by atoms with Gasteiger partial charge in [-0.3, -0.25) is 9.59 Å². The van der Waals surface area contributed by atoms with E-state index < -0.39 is 11.9 Å². The first-order valence-electron chi connectivity index (χ1n) is 9.16. The van der Waals surface area contributed by atoms with E-state index >= 15 is 0 Å². The summed E-state index contributed by atoms with van der Waals surface area (Å²) in [6, 6.07) is 5.40. The molecule has 1 aromatic carbocycles. The van der Waals surface area contributed by atoms with Gasteiger partial charge in [-0.1, -0.05) is 6.92 Å². The van der Waals surface area contributed by atoms with Crippen molar-refractivity contribution in [2.75, 3.05) is 33.5 Å². The lowest BCUT2D eigenvalue weighted by atomic mass is 10.0. The molecule has 154 valence electrons. The normalized spacial score (nSPS) is 12.0. The second-order valence-electron chi connectivity index (χ2n) is 6.35. The van der Waals surface area contributed by atoms with Crippen molar-refractivity contribution in [3.05, 3.63) is 23.1 Å². The number of aliphatic hydroxyl groups is 2. The molecule has 0 aliphatic heterocycles. The molecule has 8 heteroatoms. The number of hydrogen-bond donors (Lipinski definition) is 2. The molecule has 1 atom stereocenters. The van der Waals surface area contributed by atoms with E-state index in [1.165, 1.54) is 18.4 Å². The van der Waals surface area contributed by atoms with Crippen LogP contribution in [0.3, 0.4) is 0 Å². The third-order valence-corrected chi connectivity index (χ3v) is 5.21. The molecule has 0 amide bonds. The average molecular weight is 410 g/mol. The molecule has 0 bridgehead atoms. The fourth-order valence-corrected chi connectivity index (χ4v) is 3.59. The maximum atomic E-state index is 12.5. The molecule has 0 aliphatic rings. The fraction of sp³-hybridized carbons (Fsp3) is 0.500. The minimum absolute atomic E-state index is 0.0262. The van der Waals surface area contributed by atoms with Gasteiger partial charge >= 0.3 is 5.97 Å². The number of carbonyl (C=O) groups excluding carboxylic acids is 2. The quantitative estimate of drug-likeness (QED) is 0.315. The van der Waals surface area contributed by atoms with Crippen molar-refractivity contribution in [3.63, 3.8) is 0 Å². The molecule has 0 fully saturated rings. The number of ether oxygens (including phenoxy) is 3. The molecule has 0 saturated heterocycles. The van der Waals surface area contributed by atoms with Gasteiger partial charge in [-0.15, -0.1) is 11.3 Å². The van der Waals surface area contributed by atoms with Crippen LogP contribution in [-0.2, 0) is 9.53 Å². The van der Waals surface area contributed by atoms with Crippen LogP contribution in [0.1, 0.15) is 35.9 Å². The van der Waals surface area contributed by atoms with Crippen molar-refractivity contribution in [1.82, 2.24) is 0 Å². The number of aliphatic hydroxyl groups excluding tert-OH is 2. The molecule has 0 radical (unpaired) electrons. The van der Waals surface area contributed by atoms with E-state index in [1.54, 1.807) is 19.1 Å². The maximum absolute atomic E-state index is 12.5. The summed E-state index contributed by atoms with van der Waals surface area (Å²) in [5.41, 5.74) is 0. The van der Waals surface area contributed by atoms with Crippen LogP contribution in [-0.4, -0.2) is 55.5 Å². The van der Waals surface area contributed by atoms with Crippen LogP contribution < -0.4 is 9.47 Å². The zero-order valence-corrected chi connectivity index (χ0v) is 16.9. The Bertz CT molecular complexity index is 752. The molecule has 7 nitrogen and oxygen atoms in total. The average Bonchev–Trinajstić information content (AvgIpc) is 3.10. The Labute approximate surface area is 167 Å². The Kier molecular flexibility index (Phi) is 8.69. The highest BCUT2D eigenvalue weighted by Gasteiger charge is 2.20. The predicted molar refractivity (Wildman–Crippen MR) is 106 cm³/mol. The van der Waals surface area contributed by atoms with Crippen molar-refractivity contribution in [2.45, 2.75) is 26.2 Å². The lowest BCUT2D eigenvalue weighted by molar-refractivity contribution is -0.144. The summed E-state index contributed by atoms with van der Waals surface area (Å²) in [4.78, 5) is 24.6. The number of hydrogen-bond acceptors (Lipinski definition) is 8. The van der Waals surface area contributed by atoms with Gasteiger partial charge in [0.1, 0.15) is 0 Å². The van der Waals surface area contributed by atoms with Gasteiger partial charge in [0.05, 0.1) is 31.1 Å². The Hall–Kier alpha value is -2.16. The van der Waals surface area contributed by atoms with E-state index in [9.17, 15) is 9.59 Å². The number of methoxy groups -OCH3 is 1. The molecule has 0 saturated carbocycles. The van der Waals surface area contributed by atoms with Gasteiger partial charge in [0.25, 0.3) is 0 Å². The van der Waals surface area contributed by atoms with Crippen LogP contribution in [0.4, 0.5) is 0 Å². The molecule has 28 heavy (non-hydrogen) atoms. The van der Waals surface area contributed by atoms with E-state index in [2.05, 4.69) is 4.74 Å².